The molecule has 0 aromatic heterocycles. The Morgan fingerprint density at radius 1 is 1.35 bits per heavy atom. The SMILES string of the molecule is NNC(Cc1ccc(F)cc1Br)C1CN2CCN1CC2. The molecule has 1 aromatic rings. The number of rotatable bonds is 4. The van der Waals surface area contributed by atoms with Crippen molar-refractivity contribution in [2.24, 2.45) is 5.84 Å². The molecule has 2 atom stereocenters. The van der Waals surface area contributed by atoms with E-state index >= 15 is 0 Å². The Morgan fingerprint density at radius 2 is 2.10 bits per heavy atom. The molecule has 20 heavy (non-hydrogen) atoms. The van der Waals surface area contributed by atoms with Crippen molar-refractivity contribution in [2.45, 2.75) is 18.5 Å². The topological polar surface area (TPSA) is 44.5 Å². The smallest absolute Gasteiger partial charge is 0.124 e. The molecule has 4 nitrogen and oxygen atoms in total. The van der Waals surface area contributed by atoms with Gasteiger partial charge in [0.25, 0.3) is 0 Å². The Hall–Kier alpha value is -0.530. The Bertz CT molecular complexity index is 476. The molecule has 110 valence electrons. The van der Waals surface area contributed by atoms with E-state index in [9.17, 15) is 4.39 Å². The molecule has 3 heterocycles. The van der Waals surface area contributed by atoms with E-state index in [-0.39, 0.29) is 11.9 Å². The molecule has 3 aliphatic heterocycles. The van der Waals surface area contributed by atoms with Crippen LogP contribution in [-0.2, 0) is 6.42 Å². The maximum absolute atomic E-state index is 13.2. The quantitative estimate of drug-likeness (QED) is 0.632. The number of fused-ring (bicyclic) bond motifs is 3. The number of nitrogens with two attached hydrogens (primary N) is 1. The number of hydrazine groups is 1. The molecule has 1 aromatic carbocycles. The minimum absolute atomic E-state index is 0.180. The Labute approximate surface area is 127 Å². The van der Waals surface area contributed by atoms with E-state index in [0.29, 0.717) is 6.04 Å². The third-order valence-corrected chi connectivity index (χ3v) is 5.19. The summed E-state index contributed by atoms with van der Waals surface area (Å²) in [5, 5.41) is 0. The third-order valence-electron chi connectivity index (χ3n) is 4.45. The lowest BCUT2D eigenvalue weighted by atomic mass is 9.95. The largest absolute Gasteiger partial charge is 0.299 e. The molecule has 0 saturated carbocycles. The highest BCUT2D eigenvalue weighted by molar-refractivity contribution is 9.10. The zero-order valence-electron chi connectivity index (χ0n) is 11.4. The van der Waals surface area contributed by atoms with Crippen molar-refractivity contribution in [3.05, 3.63) is 34.1 Å². The Morgan fingerprint density at radius 3 is 2.65 bits per heavy atom. The maximum atomic E-state index is 13.2. The van der Waals surface area contributed by atoms with Crippen LogP contribution in [-0.4, -0.2) is 54.6 Å². The van der Waals surface area contributed by atoms with Crippen LogP contribution < -0.4 is 11.3 Å². The van der Waals surface area contributed by atoms with E-state index in [1.54, 1.807) is 0 Å². The second kappa shape index (κ2) is 6.07. The van der Waals surface area contributed by atoms with E-state index < -0.39 is 0 Å². The Kier molecular flexibility index (Phi) is 4.37. The molecular weight excluding hydrogens is 323 g/mol. The van der Waals surface area contributed by atoms with Crippen LogP contribution in [0.25, 0.3) is 0 Å². The van der Waals surface area contributed by atoms with E-state index in [4.69, 9.17) is 5.84 Å². The van der Waals surface area contributed by atoms with E-state index in [1.807, 2.05) is 6.07 Å². The highest BCUT2D eigenvalue weighted by Gasteiger charge is 2.36. The molecule has 2 bridgehead atoms. The molecule has 4 rings (SSSR count). The molecule has 0 radical (unpaired) electrons. The van der Waals surface area contributed by atoms with Crippen molar-refractivity contribution in [1.29, 1.82) is 0 Å². The van der Waals surface area contributed by atoms with Crippen LogP contribution in [0.3, 0.4) is 0 Å². The highest BCUT2D eigenvalue weighted by Crippen LogP contribution is 2.24. The van der Waals surface area contributed by atoms with Gasteiger partial charge in [-0.25, -0.2) is 4.39 Å². The lowest BCUT2D eigenvalue weighted by Gasteiger charge is -2.50. The average molecular weight is 343 g/mol. The van der Waals surface area contributed by atoms with Gasteiger partial charge in [-0.1, -0.05) is 22.0 Å². The summed E-state index contributed by atoms with van der Waals surface area (Å²) in [7, 11) is 0. The number of piperazine rings is 3. The number of hydrogen-bond donors (Lipinski definition) is 2. The fourth-order valence-electron chi connectivity index (χ4n) is 3.27. The van der Waals surface area contributed by atoms with Crippen molar-refractivity contribution >= 4 is 15.9 Å². The number of nitrogens with one attached hydrogen (secondary N) is 1. The molecule has 0 amide bonds. The third kappa shape index (κ3) is 2.89. The van der Waals surface area contributed by atoms with Gasteiger partial charge in [0.2, 0.25) is 0 Å². The normalized spacial score (nSPS) is 30.4. The van der Waals surface area contributed by atoms with Crippen molar-refractivity contribution < 1.29 is 4.39 Å². The maximum Gasteiger partial charge on any atom is 0.124 e. The van der Waals surface area contributed by atoms with Crippen LogP contribution in [0, 0.1) is 5.82 Å². The average Bonchev–Trinajstić information content (AvgIpc) is 2.48. The van der Waals surface area contributed by atoms with Gasteiger partial charge in [0.1, 0.15) is 5.82 Å². The summed E-state index contributed by atoms with van der Waals surface area (Å²) in [6.07, 6.45) is 0.798. The molecule has 3 saturated heterocycles. The molecule has 6 heteroatoms. The predicted octanol–water partition coefficient (Wildman–Crippen LogP) is 0.962. The van der Waals surface area contributed by atoms with Gasteiger partial charge >= 0.3 is 0 Å². The molecule has 3 aliphatic rings. The number of hydrogen-bond acceptors (Lipinski definition) is 4. The van der Waals surface area contributed by atoms with Gasteiger partial charge in [-0.3, -0.25) is 21.1 Å². The summed E-state index contributed by atoms with van der Waals surface area (Å²) in [5.41, 5.74) is 4.05. The fourth-order valence-corrected chi connectivity index (χ4v) is 3.78. The second-order valence-electron chi connectivity index (χ2n) is 5.62. The standard InChI is InChI=1S/C14H20BrFN4/c15-12-8-11(16)2-1-10(12)7-13(18-17)14-9-19-3-5-20(14)6-4-19/h1-2,8,13-14,18H,3-7,9,17H2. The van der Waals surface area contributed by atoms with Gasteiger partial charge in [0.15, 0.2) is 0 Å². The molecule has 3 N–H and O–H groups in total. The summed E-state index contributed by atoms with van der Waals surface area (Å²) in [6, 6.07) is 5.46. The number of benzene rings is 1. The molecule has 3 fully saturated rings. The number of nitrogens with zero attached hydrogens (tertiary/aromatic N) is 2. The van der Waals surface area contributed by atoms with Crippen LogP contribution in [0.5, 0.6) is 0 Å². The van der Waals surface area contributed by atoms with E-state index in [2.05, 4.69) is 31.2 Å². The zero-order chi connectivity index (χ0) is 14.1. The van der Waals surface area contributed by atoms with E-state index in [0.717, 1.165) is 49.2 Å². The second-order valence-corrected chi connectivity index (χ2v) is 6.47. The molecule has 0 aliphatic carbocycles. The van der Waals surface area contributed by atoms with Gasteiger partial charge in [-0.15, -0.1) is 0 Å². The zero-order valence-corrected chi connectivity index (χ0v) is 12.9. The van der Waals surface area contributed by atoms with Gasteiger partial charge in [-0.2, -0.15) is 0 Å². The lowest BCUT2D eigenvalue weighted by Crippen LogP contribution is -2.67. The molecular formula is C14H20BrFN4. The highest BCUT2D eigenvalue weighted by atomic mass is 79.9. The van der Waals surface area contributed by atoms with Crippen LogP contribution in [0.1, 0.15) is 5.56 Å². The lowest BCUT2D eigenvalue weighted by molar-refractivity contribution is -0.00317. The summed E-state index contributed by atoms with van der Waals surface area (Å²) in [4.78, 5) is 5.01. The van der Waals surface area contributed by atoms with Crippen LogP contribution in [0.2, 0.25) is 0 Å². The van der Waals surface area contributed by atoms with Crippen molar-refractivity contribution in [3.8, 4) is 0 Å². The van der Waals surface area contributed by atoms with Gasteiger partial charge in [0, 0.05) is 49.3 Å². The summed E-state index contributed by atoms with van der Waals surface area (Å²) in [6.45, 7) is 5.62. The molecule has 2 unspecified atom stereocenters. The number of halogens is 2. The van der Waals surface area contributed by atoms with Crippen molar-refractivity contribution in [3.63, 3.8) is 0 Å². The minimum atomic E-state index is -0.218. The van der Waals surface area contributed by atoms with Gasteiger partial charge in [-0.05, 0) is 24.1 Å². The Balaban J connectivity index is 1.73. The summed E-state index contributed by atoms with van der Waals surface area (Å²) >= 11 is 3.44. The summed E-state index contributed by atoms with van der Waals surface area (Å²) in [5.74, 6) is 5.56. The monoisotopic (exact) mass is 342 g/mol. The van der Waals surface area contributed by atoms with Crippen molar-refractivity contribution in [2.75, 3.05) is 32.7 Å². The van der Waals surface area contributed by atoms with Crippen molar-refractivity contribution in [1.82, 2.24) is 15.2 Å². The first-order chi connectivity index (χ1) is 9.67. The van der Waals surface area contributed by atoms with Crippen LogP contribution in [0.15, 0.2) is 22.7 Å². The first-order valence-electron chi connectivity index (χ1n) is 7.04. The molecule has 0 spiro atoms. The van der Waals surface area contributed by atoms with E-state index in [1.165, 1.54) is 12.1 Å². The van der Waals surface area contributed by atoms with Crippen LogP contribution >= 0.6 is 15.9 Å². The van der Waals surface area contributed by atoms with Gasteiger partial charge < -0.3 is 0 Å². The van der Waals surface area contributed by atoms with Gasteiger partial charge in [0.05, 0.1) is 0 Å². The van der Waals surface area contributed by atoms with Crippen LogP contribution in [0.4, 0.5) is 4.39 Å². The first kappa shape index (κ1) is 14.4. The predicted molar refractivity (Wildman–Crippen MR) is 80.7 cm³/mol. The minimum Gasteiger partial charge on any atom is -0.299 e. The first-order valence-corrected chi connectivity index (χ1v) is 7.83. The summed E-state index contributed by atoms with van der Waals surface area (Å²) < 4.78 is 14.0. The fraction of sp³-hybridized carbons (Fsp3) is 0.571.